The number of nitrogens with one attached hydrogen (secondary N) is 1. The molecule has 2 aliphatic rings. The second kappa shape index (κ2) is 7.35. The van der Waals surface area contributed by atoms with Crippen molar-refractivity contribution >= 4 is 44.6 Å². The van der Waals surface area contributed by atoms with Crippen LogP contribution in [0.5, 0.6) is 5.75 Å². The number of ether oxygens (including phenoxy) is 1. The average Bonchev–Trinajstić information content (AvgIpc) is 3.01. The van der Waals surface area contributed by atoms with Gasteiger partial charge in [0, 0.05) is 24.2 Å². The zero-order valence-electron chi connectivity index (χ0n) is 15.6. The van der Waals surface area contributed by atoms with Gasteiger partial charge in [0.15, 0.2) is 16.4 Å². The number of rotatable bonds is 4. The monoisotopic (exact) mass is 434 g/mol. The Kier molecular flexibility index (Phi) is 5.00. The van der Waals surface area contributed by atoms with Crippen LogP contribution in [0.1, 0.15) is 18.9 Å². The lowest BCUT2D eigenvalue weighted by Crippen LogP contribution is -2.36. The summed E-state index contributed by atoms with van der Waals surface area (Å²) in [6.07, 6.45) is 0.584. The molecular weight excluding hydrogens is 416 g/mol. The molecule has 9 heteroatoms. The Morgan fingerprint density at radius 3 is 2.86 bits per heavy atom. The fourth-order valence-electron chi connectivity index (χ4n) is 3.72. The van der Waals surface area contributed by atoms with Crippen molar-refractivity contribution < 1.29 is 22.7 Å². The van der Waals surface area contributed by atoms with Crippen LogP contribution >= 0.6 is 11.6 Å². The summed E-state index contributed by atoms with van der Waals surface area (Å²) in [6.45, 7) is 1.75. The van der Waals surface area contributed by atoms with E-state index in [1.165, 1.54) is 12.1 Å². The summed E-state index contributed by atoms with van der Waals surface area (Å²) in [5, 5.41) is 2.55. The second-order valence-corrected chi connectivity index (χ2v) is 9.61. The molecule has 1 N–H and O–H groups in total. The number of anilines is 2. The molecule has 2 aromatic rings. The zero-order chi connectivity index (χ0) is 20.8. The Labute approximate surface area is 173 Å². The van der Waals surface area contributed by atoms with Crippen LogP contribution in [0.4, 0.5) is 11.4 Å². The van der Waals surface area contributed by atoms with Crippen molar-refractivity contribution in [3.8, 4) is 5.75 Å². The van der Waals surface area contributed by atoms with E-state index >= 15 is 0 Å². The number of para-hydroxylation sites is 1. The molecule has 29 heavy (non-hydrogen) atoms. The van der Waals surface area contributed by atoms with Gasteiger partial charge in [-0.05, 0) is 31.0 Å². The minimum absolute atomic E-state index is 0.0213. The smallest absolute Gasteiger partial charge is 0.262 e. The molecule has 0 fully saturated rings. The van der Waals surface area contributed by atoms with Crippen molar-refractivity contribution in [3.63, 3.8) is 0 Å². The molecule has 152 valence electrons. The Hall–Kier alpha value is -2.58. The van der Waals surface area contributed by atoms with Gasteiger partial charge in [0.2, 0.25) is 5.91 Å². The number of nitrogens with zero attached hydrogens (tertiary/aromatic N) is 1. The molecule has 0 saturated heterocycles. The Bertz CT molecular complexity index is 1120. The first-order valence-electron chi connectivity index (χ1n) is 9.15. The highest BCUT2D eigenvalue weighted by Gasteiger charge is 2.32. The van der Waals surface area contributed by atoms with Gasteiger partial charge in [0.25, 0.3) is 5.91 Å². The summed E-state index contributed by atoms with van der Waals surface area (Å²) in [4.78, 5) is 25.8. The minimum atomic E-state index is -3.83. The molecule has 0 bridgehead atoms. The third-order valence-corrected chi connectivity index (χ3v) is 7.24. The first-order valence-corrected chi connectivity index (χ1v) is 11.2. The molecule has 0 saturated carbocycles. The Morgan fingerprint density at radius 1 is 1.31 bits per heavy atom. The molecule has 2 heterocycles. The molecule has 7 nitrogen and oxygen atoms in total. The van der Waals surface area contributed by atoms with Crippen molar-refractivity contribution in [2.24, 2.45) is 0 Å². The van der Waals surface area contributed by atoms with Crippen molar-refractivity contribution in [1.82, 2.24) is 0 Å². The number of halogens is 1. The highest BCUT2D eigenvalue weighted by molar-refractivity contribution is 7.91. The quantitative estimate of drug-likeness (QED) is 0.798. The van der Waals surface area contributed by atoms with E-state index in [-0.39, 0.29) is 52.3 Å². The molecule has 4 rings (SSSR count). The number of benzene rings is 2. The molecule has 0 aliphatic carbocycles. The van der Waals surface area contributed by atoms with Gasteiger partial charge in [0.1, 0.15) is 5.75 Å². The maximum absolute atomic E-state index is 12.9. The third-order valence-electron chi connectivity index (χ3n) is 5.06. The SMILES string of the molecule is C[C@@H]1Cc2ccccc2N1C(=O)CCS(=O)(=O)c1cc2c(cc1Cl)NC(=O)CO2. The Balaban J connectivity index is 1.53. The number of hydrogen-bond acceptors (Lipinski definition) is 5. The van der Waals surface area contributed by atoms with E-state index in [1.54, 1.807) is 4.90 Å². The summed E-state index contributed by atoms with van der Waals surface area (Å²) in [5.74, 6) is -0.721. The molecule has 0 aromatic heterocycles. The van der Waals surface area contributed by atoms with Gasteiger partial charge in [-0.1, -0.05) is 29.8 Å². The van der Waals surface area contributed by atoms with Crippen LogP contribution in [-0.2, 0) is 25.8 Å². The van der Waals surface area contributed by atoms with Crippen molar-refractivity contribution in [2.75, 3.05) is 22.6 Å². The topological polar surface area (TPSA) is 92.8 Å². The predicted molar refractivity (Wildman–Crippen MR) is 109 cm³/mol. The van der Waals surface area contributed by atoms with Crippen molar-refractivity contribution in [2.45, 2.75) is 30.7 Å². The van der Waals surface area contributed by atoms with Crippen LogP contribution in [-0.4, -0.2) is 38.6 Å². The van der Waals surface area contributed by atoms with E-state index in [9.17, 15) is 18.0 Å². The maximum atomic E-state index is 12.9. The van der Waals surface area contributed by atoms with E-state index in [0.29, 0.717) is 5.69 Å². The number of carbonyl (C=O) groups is 2. The predicted octanol–water partition coefficient (Wildman–Crippen LogP) is 2.81. The second-order valence-electron chi connectivity index (χ2n) is 7.13. The maximum Gasteiger partial charge on any atom is 0.262 e. The zero-order valence-corrected chi connectivity index (χ0v) is 17.2. The van der Waals surface area contributed by atoms with Gasteiger partial charge in [-0.15, -0.1) is 0 Å². The fourth-order valence-corrected chi connectivity index (χ4v) is 5.54. The number of carbonyl (C=O) groups excluding carboxylic acids is 2. The van der Waals surface area contributed by atoms with E-state index in [2.05, 4.69) is 5.32 Å². The number of hydrogen-bond donors (Lipinski definition) is 1. The van der Waals surface area contributed by atoms with Gasteiger partial charge in [-0.3, -0.25) is 9.59 Å². The van der Waals surface area contributed by atoms with Crippen LogP contribution in [0.15, 0.2) is 41.3 Å². The normalized spacial score (nSPS) is 17.9. The van der Waals surface area contributed by atoms with Crippen LogP contribution in [0.3, 0.4) is 0 Å². The van der Waals surface area contributed by atoms with Crippen LogP contribution in [0.2, 0.25) is 5.02 Å². The molecule has 2 amide bonds. The summed E-state index contributed by atoms with van der Waals surface area (Å²) < 4.78 is 31.0. The van der Waals surface area contributed by atoms with Gasteiger partial charge in [-0.2, -0.15) is 0 Å². The van der Waals surface area contributed by atoms with Crippen LogP contribution < -0.4 is 15.0 Å². The van der Waals surface area contributed by atoms with E-state index in [1.807, 2.05) is 31.2 Å². The van der Waals surface area contributed by atoms with Crippen molar-refractivity contribution in [1.29, 1.82) is 0 Å². The summed E-state index contributed by atoms with van der Waals surface area (Å²) >= 11 is 6.14. The molecule has 0 radical (unpaired) electrons. The number of fused-ring (bicyclic) bond motifs is 2. The average molecular weight is 435 g/mol. The molecule has 2 aromatic carbocycles. The minimum Gasteiger partial charge on any atom is -0.482 e. The highest BCUT2D eigenvalue weighted by Crippen LogP contribution is 2.37. The summed E-state index contributed by atoms with van der Waals surface area (Å²) in [7, 11) is -3.83. The van der Waals surface area contributed by atoms with E-state index in [4.69, 9.17) is 16.3 Å². The summed E-state index contributed by atoms with van der Waals surface area (Å²) in [5.41, 5.74) is 2.23. The number of amides is 2. The summed E-state index contributed by atoms with van der Waals surface area (Å²) in [6, 6.07) is 10.3. The van der Waals surface area contributed by atoms with E-state index < -0.39 is 9.84 Å². The highest BCUT2D eigenvalue weighted by atomic mass is 35.5. The third kappa shape index (κ3) is 3.70. The lowest BCUT2D eigenvalue weighted by molar-refractivity contribution is -0.119. The van der Waals surface area contributed by atoms with Crippen LogP contribution in [0.25, 0.3) is 0 Å². The lowest BCUT2D eigenvalue weighted by Gasteiger charge is -2.23. The van der Waals surface area contributed by atoms with Crippen LogP contribution in [0, 0.1) is 0 Å². The molecule has 0 spiro atoms. The van der Waals surface area contributed by atoms with Gasteiger partial charge in [-0.25, -0.2) is 8.42 Å². The molecular formula is C20H19ClN2O5S. The largest absolute Gasteiger partial charge is 0.482 e. The lowest BCUT2D eigenvalue weighted by atomic mass is 10.1. The first kappa shape index (κ1) is 19.7. The van der Waals surface area contributed by atoms with E-state index in [0.717, 1.165) is 17.7 Å². The molecule has 2 aliphatic heterocycles. The number of sulfone groups is 1. The fraction of sp³-hybridized carbons (Fsp3) is 0.300. The first-order chi connectivity index (χ1) is 13.8. The van der Waals surface area contributed by atoms with Gasteiger partial charge < -0.3 is 15.0 Å². The standard InChI is InChI=1S/C20H19ClN2O5S/c1-12-8-13-4-2-3-5-16(13)23(12)20(25)6-7-29(26,27)18-10-17-15(9-14(18)21)22-19(24)11-28-17/h2-5,9-10,12H,6-8,11H2,1H3,(H,22,24)/t12-/m1/s1. The van der Waals surface area contributed by atoms with Gasteiger partial charge >= 0.3 is 0 Å². The molecule has 1 atom stereocenters. The molecule has 0 unspecified atom stereocenters. The Morgan fingerprint density at radius 2 is 2.07 bits per heavy atom. The van der Waals surface area contributed by atoms with Crippen molar-refractivity contribution in [3.05, 3.63) is 47.0 Å². The van der Waals surface area contributed by atoms with Gasteiger partial charge in [0.05, 0.1) is 21.4 Å².